The second-order valence-electron chi connectivity index (χ2n) is 2.42. The molecule has 1 rings (SSSR count). The molecule has 5 heteroatoms. The largest absolute Gasteiger partial charge is 0.486 e. The molecule has 0 N–H and O–H groups in total. The van der Waals surface area contributed by atoms with Crippen LogP contribution in [-0.4, -0.2) is 35.6 Å². The lowest BCUT2D eigenvalue weighted by atomic mass is 10.4. The first kappa shape index (κ1) is 10.1. The third-order valence-electron chi connectivity index (χ3n) is 1.53. The van der Waals surface area contributed by atoms with Gasteiger partial charge in [-0.3, -0.25) is 0 Å². The molecule has 1 unspecified atom stereocenters. The molecule has 72 valence electrons. The van der Waals surface area contributed by atoms with Crippen molar-refractivity contribution in [2.45, 2.75) is 26.6 Å². The van der Waals surface area contributed by atoms with Crippen LogP contribution in [0.2, 0.25) is 0 Å². The van der Waals surface area contributed by atoms with Crippen molar-refractivity contribution in [3.8, 4) is 0 Å². The van der Waals surface area contributed by atoms with Gasteiger partial charge in [0.1, 0.15) is 0 Å². The number of rotatable bonds is 6. The predicted molar refractivity (Wildman–Crippen MR) is 45.8 cm³/mol. The summed E-state index contributed by atoms with van der Waals surface area (Å²) in [6.45, 7) is 5.95. The highest BCUT2D eigenvalue weighted by Gasteiger charge is 2.25. The Bertz CT molecular complexity index is 112. The van der Waals surface area contributed by atoms with Crippen molar-refractivity contribution in [2.75, 3.05) is 19.8 Å². The Morgan fingerprint density at radius 3 is 2.25 bits per heavy atom. The van der Waals surface area contributed by atoms with Crippen molar-refractivity contribution in [2.24, 2.45) is 0 Å². The standard InChI is InChI=1S/C7H16O4Si/c1-3-9-12(10-4-2)11-7-5-6-8-7/h7,12H,3-6H2,1-2H3. The Morgan fingerprint density at radius 1 is 1.33 bits per heavy atom. The zero-order valence-electron chi connectivity index (χ0n) is 7.62. The van der Waals surface area contributed by atoms with Crippen LogP contribution in [0, 0.1) is 0 Å². The topological polar surface area (TPSA) is 36.9 Å². The summed E-state index contributed by atoms with van der Waals surface area (Å²) in [6.07, 6.45) is 0.892. The van der Waals surface area contributed by atoms with Crippen LogP contribution in [0.15, 0.2) is 0 Å². The third-order valence-corrected chi connectivity index (χ3v) is 3.26. The van der Waals surface area contributed by atoms with Crippen LogP contribution in [-0.2, 0) is 18.0 Å². The van der Waals surface area contributed by atoms with E-state index >= 15 is 0 Å². The molecule has 4 nitrogen and oxygen atoms in total. The van der Waals surface area contributed by atoms with Gasteiger partial charge in [0.05, 0.1) is 6.61 Å². The summed E-state index contributed by atoms with van der Waals surface area (Å²) < 4.78 is 21.2. The van der Waals surface area contributed by atoms with Crippen molar-refractivity contribution < 1.29 is 18.0 Å². The first-order valence-electron chi connectivity index (χ1n) is 4.37. The molecule has 12 heavy (non-hydrogen) atoms. The summed E-state index contributed by atoms with van der Waals surface area (Å²) in [5.74, 6) is 0. The number of hydrogen-bond acceptors (Lipinski definition) is 4. The lowest BCUT2D eigenvalue weighted by molar-refractivity contribution is -0.184. The van der Waals surface area contributed by atoms with Gasteiger partial charge in [-0.15, -0.1) is 0 Å². The van der Waals surface area contributed by atoms with E-state index in [2.05, 4.69) is 0 Å². The summed E-state index contributed by atoms with van der Waals surface area (Å²) in [4.78, 5) is 0. The van der Waals surface area contributed by atoms with E-state index < -0.39 is 9.53 Å². The normalized spacial score (nSPS) is 22.8. The highest BCUT2D eigenvalue weighted by atomic mass is 28.3. The van der Waals surface area contributed by atoms with Crippen molar-refractivity contribution in [3.63, 3.8) is 0 Å². The first-order valence-corrected chi connectivity index (χ1v) is 5.78. The number of ether oxygens (including phenoxy) is 1. The fourth-order valence-corrected chi connectivity index (χ4v) is 2.10. The summed E-state index contributed by atoms with van der Waals surface area (Å²) in [5.41, 5.74) is 0. The quantitative estimate of drug-likeness (QED) is 0.576. The van der Waals surface area contributed by atoms with Crippen LogP contribution < -0.4 is 0 Å². The molecule has 0 spiro atoms. The lowest BCUT2D eigenvalue weighted by Crippen LogP contribution is -2.39. The second-order valence-corrected chi connectivity index (χ2v) is 3.94. The molecule has 1 atom stereocenters. The van der Waals surface area contributed by atoms with Crippen molar-refractivity contribution in [1.82, 2.24) is 0 Å². The number of hydrogen-bond donors (Lipinski definition) is 0. The molecule has 1 aliphatic heterocycles. The van der Waals surface area contributed by atoms with E-state index in [1.807, 2.05) is 13.8 Å². The molecule has 1 heterocycles. The zero-order valence-corrected chi connectivity index (χ0v) is 8.77. The van der Waals surface area contributed by atoms with Gasteiger partial charge in [-0.2, -0.15) is 0 Å². The smallest absolute Gasteiger partial charge is 0.376 e. The molecule has 0 aromatic rings. The fourth-order valence-electron chi connectivity index (χ4n) is 0.844. The van der Waals surface area contributed by atoms with E-state index in [4.69, 9.17) is 18.0 Å². The van der Waals surface area contributed by atoms with E-state index in [0.29, 0.717) is 13.2 Å². The van der Waals surface area contributed by atoms with Gasteiger partial charge in [0.2, 0.25) is 0 Å². The molecular formula is C7H16O4Si. The molecular weight excluding hydrogens is 176 g/mol. The summed E-state index contributed by atoms with van der Waals surface area (Å²) in [7, 11) is -1.88. The Kier molecular flexibility index (Phi) is 4.78. The van der Waals surface area contributed by atoms with Crippen LogP contribution in [0.4, 0.5) is 0 Å². The van der Waals surface area contributed by atoms with E-state index in [9.17, 15) is 0 Å². The van der Waals surface area contributed by atoms with Gasteiger partial charge in [0.25, 0.3) is 0 Å². The van der Waals surface area contributed by atoms with E-state index in [-0.39, 0.29) is 6.29 Å². The molecule has 0 saturated carbocycles. The lowest BCUT2D eigenvalue weighted by Gasteiger charge is -2.29. The van der Waals surface area contributed by atoms with Gasteiger partial charge in [-0.05, 0) is 13.8 Å². The van der Waals surface area contributed by atoms with Gasteiger partial charge in [-0.25, -0.2) is 0 Å². The monoisotopic (exact) mass is 192 g/mol. The van der Waals surface area contributed by atoms with Gasteiger partial charge >= 0.3 is 9.53 Å². The van der Waals surface area contributed by atoms with E-state index in [0.717, 1.165) is 13.0 Å². The average Bonchev–Trinajstić information content (AvgIpc) is 1.97. The SMILES string of the molecule is CCO[SiH](OCC)OC1CCO1. The molecule has 0 amide bonds. The maximum atomic E-state index is 5.44. The molecule has 0 radical (unpaired) electrons. The fraction of sp³-hybridized carbons (Fsp3) is 1.00. The maximum absolute atomic E-state index is 5.44. The Morgan fingerprint density at radius 2 is 1.92 bits per heavy atom. The maximum Gasteiger partial charge on any atom is 0.486 e. The molecule has 0 aliphatic carbocycles. The first-order chi connectivity index (χ1) is 5.86. The Labute approximate surface area is 74.7 Å². The molecule has 0 aromatic heterocycles. The average molecular weight is 192 g/mol. The van der Waals surface area contributed by atoms with E-state index in [1.165, 1.54) is 0 Å². The molecule has 1 aliphatic rings. The van der Waals surface area contributed by atoms with Gasteiger partial charge in [0, 0.05) is 19.6 Å². The van der Waals surface area contributed by atoms with Gasteiger partial charge in [-0.1, -0.05) is 0 Å². The van der Waals surface area contributed by atoms with Crippen LogP contribution in [0.25, 0.3) is 0 Å². The summed E-state index contributed by atoms with van der Waals surface area (Å²) in [5, 5.41) is 0. The van der Waals surface area contributed by atoms with Crippen LogP contribution in [0.1, 0.15) is 20.3 Å². The highest BCUT2D eigenvalue weighted by molar-refractivity contribution is 6.36. The van der Waals surface area contributed by atoms with Crippen molar-refractivity contribution in [1.29, 1.82) is 0 Å². The molecule has 1 fully saturated rings. The Hall–Kier alpha value is 0.0569. The van der Waals surface area contributed by atoms with Gasteiger partial charge in [0.15, 0.2) is 6.29 Å². The van der Waals surface area contributed by atoms with Crippen LogP contribution in [0.3, 0.4) is 0 Å². The highest BCUT2D eigenvalue weighted by Crippen LogP contribution is 2.13. The molecule has 0 aromatic carbocycles. The molecule has 1 saturated heterocycles. The van der Waals surface area contributed by atoms with Gasteiger partial charge < -0.3 is 18.0 Å². The second kappa shape index (κ2) is 5.66. The van der Waals surface area contributed by atoms with Crippen LogP contribution in [0.5, 0.6) is 0 Å². The van der Waals surface area contributed by atoms with Crippen LogP contribution >= 0.6 is 0 Å². The minimum atomic E-state index is -1.88. The summed E-state index contributed by atoms with van der Waals surface area (Å²) >= 11 is 0. The summed E-state index contributed by atoms with van der Waals surface area (Å²) in [6, 6.07) is 0. The van der Waals surface area contributed by atoms with Crippen molar-refractivity contribution in [3.05, 3.63) is 0 Å². The third kappa shape index (κ3) is 3.20. The van der Waals surface area contributed by atoms with E-state index in [1.54, 1.807) is 0 Å². The predicted octanol–water partition coefficient (Wildman–Crippen LogP) is 0.540. The van der Waals surface area contributed by atoms with Crippen molar-refractivity contribution >= 4 is 9.53 Å². The minimum absolute atomic E-state index is 0.0697. The minimum Gasteiger partial charge on any atom is -0.376 e. The zero-order chi connectivity index (χ0) is 8.81. The Balaban J connectivity index is 2.11. The molecule has 0 bridgehead atoms.